The zero-order chi connectivity index (χ0) is 13.9. The number of hydrogen-bond donors (Lipinski definition) is 1. The molecule has 18 heavy (non-hydrogen) atoms. The molecule has 0 aliphatic rings. The number of rotatable bonds is 0. The van der Waals surface area contributed by atoms with Crippen LogP contribution in [0.1, 0.15) is 40.2 Å². The van der Waals surface area contributed by atoms with Crippen LogP contribution in [-0.2, 0) is 5.41 Å². The van der Waals surface area contributed by atoms with E-state index in [2.05, 4.69) is 10.2 Å². The Balaban J connectivity index is 0.000000771. The van der Waals surface area contributed by atoms with Gasteiger partial charge in [-0.05, 0) is 23.1 Å². The normalized spacial score (nSPS) is 11.0. The molecule has 0 amide bonds. The monoisotopic (exact) mass is 250 g/mol. The van der Waals surface area contributed by atoms with Crippen LogP contribution < -0.4 is 5.56 Å². The number of hydrogen-bond acceptors (Lipinski definition) is 2. The number of aromatic nitrogens is 2. The van der Waals surface area contributed by atoms with Gasteiger partial charge in [-0.15, -0.1) is 0 Å². The highest BCUT2D eigenvalue weighted by Crippen LogP contribution is 2.26. The number of nitrogens with one attached hydrogen (secondary N) is 1. The summed E-state index contributed by atoms with van der Waals surface area (Å²) < 4.78 is 13.8. The van der Waals surface area contributed by atoms with Gasteiger partial charge in [0.25, 0.3) is 5.56 Å². The van der Waals surface area contributed by atoms with Crippen LogP contribution in [0.4, 0.5) is 4.39 Å². The lowest BCUT2D eigenvalue weighted by atomic mass is 9.86. The van der Waals surface area contributed by atoms with Crippen molar-refractivity contribution in [2.45, 2.75) is 40.0 Å². The molecular weight excluding hydrogens is 231 g/mol. The minimum Gasteiger partial charge on any atom is -0.267 e. The average Bonchev–Trinajstić information content (AvgIpc) is 2.30. The number of aromatic amines is 1. The molecule has 2 aromatic rings. The van der Waals surface area contributed by atoms with Gasteiger partial charge < -0.3 is 0 Å². The third kappa shape index (κ3) is 2.75. The fourth-order valence-corrected chi connectivity index (χ4v) is 1.62. The molecule has 1 heterocycles. The maximum absolute atomic E-state index is 13.8. The Bertz CT molecular complexity index is 597. The van der Waals surface area contributed by atoms with Crippen LogP contribution in [0.2, 0.25) is 0 Å². The van der Waals surface area contributed by atoms with Gasteiger partial charge >= 0.3 is 0 Å². The van der Waals surface area contributed by atoms with E-state index < -0.39 is 11.4 Å². The molecule has 1 N–H and O–H groups in total. The first-order chi connectivity index (χ1) is 8.39. The molecule has 0 atom stereocenters. The van der Waals surface area contributed by atoms with Crippen LogP contribution in [0.25, 0.3) is 10.8 Å². The van der Waals surface area contributed by atoms with Gasteiger partial charge in [-0.3, -0.25) is 4.79 Å². The highest BCUT2D eigenvalue weighted by Gasteiger charge is 2.17. The molecule has 3 nitrogen and oxygen atoms in total. The Morgan fingerprint density at radius 3 is 2.39 bits per heavy atom. The molecule has 0 radical (unpaired) electrons. The fraction of sp³-hybridized carbons (Fsp3) is 0.429. The van der Waals surface area contributed by atoms with Crippen LogP contribution in [0, 0.1) is 5.82 Å². The van der Waals surface area contributed by atoms with Crippen LogP contribution in [0.15, 0.2) is 23.1 Å². The van der Waals surface area contributed by atoms with Crippen LogP contribution in [0.3, 0.4) is 0 Å². The van der Waals surface area contributed by atoms with E-state index in [1.807, 2.05) is 34.6 Å². The van der Waals surface area contributed by atoms with E-state index in [-0.39, 0.29) is 10.8 Å². The molecule has 0 saturated carbocycles. The molecule has 0 spiro atoms. The molecule has 1 aromatic heterocycles. The molecule has 1 aromatic carbocycles. The van der Waals surface area contributed by atoms with Gasteiger partial charge in [0, 0.05) is 5.39 Å². The smallest absolute Gasteiger partial charge is 0.267 e. The van der Waals surface area contributed by atoms with Crippen molar-refractivity contribution in [3.8, 4) is 0 Å². The number of halogens is 1. The number of nitrogens with zero attached hydrogens (tertiary/aromatic N) is 1. The minimum absolute atomic E-state index is 0.0722. The van der Waals surface area contributed by atoms with Crippen molar-refractivity contribution >= 4 is 10.8 Å². The summed E-state index contributed by atoms with van der Waals surface area (Å²) in [5, 5.41) is 6.51. The second-order valence-corrected chi connectivity index (χ2v) is 4.87. The topological polar surface area (TPSA) is 45.8 Å². The lowest BCUT2D eigenvalue weighted by Gasteiger charge is -2.19. The van der Waals surface area contributed by atoms with Gasteiger partial charge in [-0.2, -0.15) is 5.10 Å². The Morgan fingerprint density at radius 1 is 1.22 bits per heavy atom. The van der Waals surface area contributed by atoms with Gasteiger partial charge in [0.05, 0.1) is 11.6 Å². The first-order valence-electron chi connectivity index (χ1n) is 6.07. The lowest BCUT2D eigenvalue weighted by Crippen LogP contribution is -2.14. The van der Waals surface area contributed by atoms with Crippen LogP contribution >= 0.6 is 0 Å². The van der Waals surface area contributed by atoms with Gasteiger partial charge in [0.15, 0.2) is 0 Å². The molecule has 0 saturated heterocycles. The Morgan fingerprint density at radius 2 is 1.83 bits per heavy atom. The van der Waals surface area contributed by atoms with E-state index >= 15 is 0 Å². The summed E-state index contributed by atoms with van der Waals surface area (Å²) >= 11 is 0. The molecule has 0 unspecified atom stereocenters. The summed E-state index contributed by atoms with van der Waals surface area (Å²) in [6.45, 7) is 9.98. The van der Waals surface area contributed by atoms with Crippen molar-refractivity contribution in [2.24, 2.45) is 0 Å². The van der Waals surface area contributed by atoms with Crippen LogP contribution in [-0.4, -0.2) is 10.2 Å². The second-order valence-electron chi connectivity index (χ2n) is 4.87. The van der Waals surface area contributed by atoms with E-state index in [0.717, 1.165) is 5.56 Å². The molecular formula is C14H19FN2O. The fourth-order valence-electron chi connectivity index (χ4n) is 1.62. The summed E-state index contributed by atoms with van der Waals surface area (Å²) in [7, 11) is 0. The van der Waals surface area contributed by atoms with E-state index in [0.29, 0.717) is 5.39 Å². The summed E-state index contributed by atoms with van der Waals surface area (Å²) in [5.74, 6) is -0.494. The van der Waals surface area contributed by atoms with E-state index in [9.17, 15) is 9.18 Å². The lowest BCUT2D eigenvalue weighted by molar-refractivity contribution is 0.576. The summed E-state index contributed by atoms with van der Waals surface area (Å²) in [6, 6.07) is 3.22. The third-order valence-corrected chi connectivity index (χ3v) is 2.58. The largest absolute Gasteiger partial charge is 0.275 e. The van der Waals surface area contributed by atoms with Gasteiger partial charge in [-0.25, -0.2) is 9.49 Å². The van der Waals surface area contributed by atoms with Crippen molar-refractivity contribution in [2.75, 3.05) is 0 Å². The van der Waals surface area contributed by atoms with Gasteiger partial charge in [0.1, 0.15) is 5.82 Å². The minimum atomic E-state index is -0.494. The van der Waals surface area contributed by atoms with Gasteiger partial charge in [0.2, 0.25) is 0 Å². The second kappa shape index (κ2) is 5.29. The zero-order valence-corrected chi connectivity index (χ0v) is 11.5. The number of fused-ring (bicyclic) bond motifs is 1. The number of benzene rings is 1. The summed E-state index contributed by atoms with van der Waals surface area (Å²) in [6.07, 6.45) is 1.47. The molecule has 0 bridgehead atoms. The Hall–Kier alpha value is -1.71. The quantitative estimate of drug-likeness (QED) is 0.779. The highest BCUT2D eigenvalue weighted by atomic mass is 19.1. The van der Waals surface area contributed by atoms with E-state index in [4.69, 9.17) is 0 Å². The SMILES string of the molecule is CC.CC(C)(C)c1cc(F)c2c(=O)[nH]ncc2c1. The third-order valence-electron chi connectivity index (χ3n) is 2.58. The molecule has 0 aliphatic carbocycles. The first-order valence-corrected chi connectivity index (χ1v) is 6.07. The molecule has 4 heteroatoms. The van der Waals surface area contributed by atoms with Crippen molar-refractivity contribution in [3.63, 3.8) is 0 Å². The van der Waals surface area contributed by atoms with E-state index in [1.165, 1.54) is 12.3 Å². The van der Waals surface area contributed by atoms with Crippen molar-refractivity contribution in [1.29, 1.82) is 0 Å². The summed E-state index contributed by atoms with van der Waals surface area (Å²) in [4.78, 5) is 11.4. The maximum Gasteiger partial charge on any atom is 0.275 e. The first kappa shape index (κ1) is 14.4. The molecule has 98 valence electrons. The van der Waals surface area contributed by atoms with Crippen LogP contribution in [0.5, 0.6) is 0 Å². The van der Waals surface area contributed by atoms with Crippen molar-refractivity contribution in [3.05, 3.63) is 40.1 Å². The molecule has 0 aliphatic heterocycles. The van der Waals surface area contributed by atoms with E-state index in [1.54, 1.807) is 6.07 Å². The molecule has 0 fully saturated rings. The summed E-state index contributed by atoms with van der Waals surface area (Å²) in [5.41, 5.74) is 0.206. The predicted molar refractivity (Wildman–Crippen MR) is 72.4 cm³/mol. The standard InChI is InChI=1S/C12H13FN2O.C2H6/c1-12(2,3)8-4-7-6-14-15-11(16)10(7)9(13)5-8;1-2/h4-6H,1-3H3,(H,15,16);1-2H3. The predicted octanol–water partition coefficient (Wildman–Crippen LogP) is 3.39. The molecule has 2 rings (SSSR count). The maximum atomic E-state index is 13.8. The average molecular weight is 250 g/mol. The van der Waals surface area contributed by atoms with Crippen molar-refractivity contribution < 1.29 is 4.39 Å². The van der Waals surface area contributed by atoms with Gasteiger partial charge in [-0.1, -0.05) is 34.6 Å². The zero-order valence-electron chi connectivity index (χ0n) is 11.5. The Labute approximate surface area is 106 Å². The van der Waals surface area contributed by atoms with Crippen molar-refractivity contribution in [1.82, 2.24) is 10.2 Å². The number of H-pyrrole nitrogens is 1. The highest BCUT2D eigenvalue weighted by molar-refractivity contribution is 5.82. The Kier molecular flexibility index (Phi) is 4.22.